The molecular weight excluding hydrogens is 322 g/mol. The second-order valence-electron chi connectivity index (χ2n) is 5.84. The van der Waals surface area contributed by atoms with Crippen molar-refractivity contribution in [3.05, 3.63) is 36.7 Å². The number of amides is 1. The fraction of sp³-hybridized carbons (Fsp3) is 0.471. The number of hydrogen-bond donors (Lipinski definition) is 0. The average molecular weight is 345 g/mol. The van der Waals surface area contributed by atoms with E-state index in [2.05, 4.69) is 22.0 Å². The summed E-state index contributed by atoms with van der Waals surface area (Å²) in [7, 11) is 0. The van der Waals surface area contributed by atoms with Crippen molar-refractivity contribution < 1.29 is 4.79 Å². The van der Waals surface area contributed by atoms with Gasteiger partial charge in [-0.1, -0.05) is 36.9 Å². The Balaban J connectivity index is 1.64. The van der Waals surface area contributed by atoms with Gasteiger partial charge < -0.3 is 9.80 Å². The van der Waals surface area contributed by atoms with Crippen LogP contribution in [0.1, 0.15) is 13.8 Å². The van der Waals surface area contributed by atoms with Crippen LogP contribution in [0.5, 0.6) is 0 Å². The minimum atomic E-state index is -0.176. The lowest BCUT2D eigenvalue weighted by Crippen LogP contribution is -2.50. The maximum Gasteiger partial charge on any atom is 0.235 e. The van der Waals surface area contributed by atoms with Gasteiger partial charge in [-0.3, -0.25) is 9.36 Å². The topological polar surface area (TPSA) is 54.3 Å². The molecule has 0 aliphatic carbocycles. The van der Waals surface area contributed by atoms with Crippen LogP contribution in [-0.2, 0) is 4.79 Å². The second kappa shape index (κ2) is 7.81. The number of hydrogen-bond acceptors (Lipinski definition) is 5. The van der Waals surface area contributed by atoms with Crippen molar-refractivity contribution in [3.63, 3.8) is 0 Å². The smallest absolute Gasteiger partial charge is 0.235 e. The Bertz CT molecular complexity index is 667. The summed E-state index contributed by atoms with van der Waals surface area (Å²) >= 11 is 1.46. The standard InChI is InChI=1S/C17H23N5OS/c1-3-20-9-11-21(12-10-20)16(23)14(2)24-17-19-18-13-22(17)15-7-5-4-6-8-15/h4-8,13-14H,3,9-12H2,1-2H3/t14-/m0/s1. The first-order chi connectivity index (χ1) is 11.7. The zero-order chi connectivity index (χ0) is 16.9. The second-order valence-corrected chi connectivity index (χ2v) is 7.15. The van der Waals surface area contributed by atoms with Crippen LogP contribution in [-0.4, -0.2) is 68.4 Å². The Morgan fingerprint density at radius 2 is 1.92 bits per heavy atom. The largest absolute Gasteiger partial charge is 0.339 e. The van der Waals surface area contributed by atoms with Crippen LogP contribution >= 0.6 is 11.8 Å². The van der Waals surface area contributed by atoms with E-state index in [1.807, 2.05) is 46.7 Å². The van der Waals surface area contributed by atoms with Crippen LogP contribution in [0.15, 0.2) is 41.8 Å². The van der Waals surface area contributed by atoms with Gasteiger partial charge in [-0.15, -0.1) is 10.2 Å². The van der Waals surface area contributed by atoms with Crippen LogP contribution in [0.4, 0.5) is 0 Å². The van der Waals surface area contributed by atoms with Gasteiger partial charge >= 0.3 is 0 Å². The fourth-order valence-electron chi connectivity index (χ4n) is 2.82. The van der Waals surface area contributed by atoms with Crippen molar-refractivity contribution in [1.29, 1.82) is 0 Å². The van der Waals surface area contributed by atoms with Gasteiger partial charge in [0.1, 0.15) is 6.33 Å². The van der Waals surface area contributed by atoms with Gasteiger partial charge in [0.25, 0.3) is 0 Å². The van der Waals surface area contributed by atoms with Crippen molar-refractivity contribution in [2.75, 3.05) is 32.7 Å². The van der Waals surface area contributed by atoms with Crippen LogP contribution in [0.2, 0.25) is 0 Å². The van der Waals surface area contributed by atoms with Crippen LogP contribution in [0, 0.1) is 0 Å². The summed E-state index contributed by atoms with van der Waals surface area (Å²) in [5.41, 5.74) is 1.00. The highest BCUT2D eigenvalue weighted by atomic mass is 32.2. The minimum Gasteiger partial charge on any atom is -0.339 e. The molecule has 0 radical (unpaired) electrons. The first-order valence-electron chi connectivity index (χ1n) is 8.32. The Morgan fingerprint density at radius 3 is 2.58 bits per heavy atom. The highest BCUT2D eigenvalue weighted by molar-refractivity contribution is 8.00. The molecule has 24 heavy (non-hydrogen) atoms. The lowest BCUT2D eigenvalue weighted by molar-refractivity contribution is -0.132. The summed E-state index contributed by atoms with van der Waals surface area (Å²) < 4.78 is 1.92. The number of rotatable bonds is 5. The molecule has 0 N–H and O–H groups in total. The maximum absolute atomic E-state index is 12.7. The Morgan fingerprint density at radius 1 is 1.21 bits per heavy atom. The molecule has 128 valence electrons. The first kappa shape index (κ1) is 17.0. The average Bonchev–Trinajstić information content (AvgIpc) is 3.10. The first-order valence-corrected chi connectivity index (χ1v) is 9.20. The predicted octanol–water partition coefficient (Wildman–Crippen LogP) is 1.91. The molecular formula is C17H23N5OS. The van der Waals surface area contributed by atoms with Gasteiger partial charge in [-0.05, 0) is 25.6 Å². The molecule has 0 saturated carbocycles. The molecule has 1 aliphatic heterocycles. The van der Waals surface area contributed by atoms with Gasteiger partial charge in [-0.25, -0.2) is 0 Å². The van der Waals surface area contributed by atoms with Crippen molar-refractivity contribution in [2.45, 2.75) is 24.3 Å². The molecule has 6 nitrogen and oxygen atoms in total. The number of piperazine rings is 1. The lowest BCUT2D eigenvalue weighted by atomic mass is 10.3. The Kier molecular flexibility index (Phi) is 5.52. The number of benzene rings is 1. The molecule has 1 amide bonds. The van der Waals surface area contributed by atoms with E-state index in [4.69, 9.17) is 0 Å². The molecule has 1 aliphatic rings. The van der Waals surface area contributed by atoms with Crippen LogP contribution in [0.3, 0.4) is 0 Å². The molecule has 0 bridgehead atoms. The molecule has 1 fully saturated rings. The molecule has 0 spiro atoms. The Labute approximate surface area is 146 Å². The summed E-state index contributed by atoms with van der Waals surface area (Å²) in [6, 6.07) is 9.94. The third kappa shape index (κ3) is 3.79. The van der Waals surface area contributed by atoms with Crippen molar-refractivity contribution in [1.82, 2.24) is 24.6 Å². The third-order valence-electron chi connectivity index (χ3n) is 4.31. The molecule has 3 rings (SSSR count). The number of nitrogens with zero attached hydrogens (tertiary/aromatic N) is 5. The van der Waals surface area contributed by atoms with Gasteiger partial charge in [0, 0.05) is 31.9 Å². The number of aromatic nitrogens is 3. The van der Waals surface area contributed by atoms with Crippen molar-refractivity contribution >= 4 is 17.7 Å². The molecule has 1 atom stereocenters. The molecule has 1 aromatic heterocycles. The number of thioether (sulfide) groups is 1. The molecule has 0 unspecified atom stereocenters. The molecule has 1 aromatic carbocycles. The minimum absolute atomic E-state index is 0.176. The fourth-order valence-corrected chi connectivity index (χ4v) is 3.75. The Hall–Kier alpha value is -1.86. The SMILES string of the molecule is CCN1CCN(C(=O)[C@H](C)Sc2nncn2-c2ccccc2)CC1. The highest BCUT2D eigenvalue weighted by Crippen LogP contribution is 2.25. The van der Waals surface area contributed by atoms with E-state index in [0.717, 1.165) is 43.6 Å². The monoisotopic (exact) mass is 345 g/mol. The number of likely N-dealkylation sites (N-methyl/N-ethyl adjacent to an activating group) is 1. The summed E-state index contributed by atoms with van der Waals surface area (Å²) in [5, 5.41) is 8.76. The zero-order valence-electron chi connectivity index (χ0n) is 14.1. The van der Waals surface area contributed by atoms with Crippen molar-refractivity contribution in [3.8, 4) is 5.69 Å². The van der Waals surface area contributed by atoms with Crippen LogP contribution < -0.4 is 0 Å². The van der Waals surface area contributed by atoms with Gasteiger partial charge in [0.2, 0.25) is 5.91 Å². The lowest BCUT2D eigenvalue weighted by Gasteiger charge is -2.35. The van der Waals surface area contributed by atoms with Crippen molar-refractivity contribution in [2.24, 2.45) is 0 Å². The van der Waals surface area contributed by atoms with E-state index >= 15 is 0 Å². The van der Waals surface area contributed by atoms with E-state index in [9.17, 15) is 4.79 Å². The van der Waals surface area contributed by atoms with E-state index in [1.165, 1.54) is 11.8 Å². The van der Waals surface area contributed by atoms with Crippen LogP contribution in [0.25, 0.3) is 5.69 Å². The molecule has 2 heterocycles. The quantitative estimate of drug-likeness (QED) is 0.775. The molecule has 1 saturated heterocycles. The van der Waals surface area contributed by atoms with Gasteiger partial charge in [0.05, 0.1) is 5.25 Å². The molecule has 7 heteroatoms. The summed E-state index contributed by atoms with van der Waals surface area (Å²) in [4.78, 5) is 17.0. The molecule has 2 aromatic rings. The van der Waals surface area contributed by atoms with E-state index < -0.39 is 0 Å². The van der Waals surface area contributed by atoms with E-state index in [0.29, 0.717) is 0 Å². The highest BCUT2D eigenvalue weighted by Gasteiger charge is 2.26. The summed E-state index contributed by atoms with van der Waals surface area (Å²) in [5.74, 6) is 0.179. The summed E-state index contributed by atoms with van der Waals surface area (Å²) in [6.07, 6.45) is 1.69. The van der Waals surface area contributed by atoms with E-state index in [-0.39, 0.29) is 11.2 Å². The third-order valence-corrected chi connectivity index (χ3v) is 5.36. The number of carbonyl (C=O) groups is 1. The van der Waals surface area contributed by atoms with E-state index in [1.54, 1.807) is 6.33 Å². The zero-order valence-corrected chi connectivity index (χ0v) is 14.9. The van der Waals surface area contributed by atoms with Gasteiger partial charge in [-0.2, -0.15) is 0 Å². The van der Waals surface area contributed by atoms with Gasteiger partial charge in [0.15, 0.2) is 5.16 Å². The normalized spacial score (nSPS) is 17.0. The maximum atomic E-state index is 12.7. The number of carbonyl (C=O) groups excluding carboxylic acids is 1. The summed E-state index contributed by atoms with van der Waals surface area (Å²) in [6.45, 7) is 8.69. The predicted molar refractivity (Wildman–Crippen MR) is 95.4 cm³/mol. The number of para-hydroxylation sites is 1.